The first kappa shape index (κ1) is 5.56. The van der Waals surface area contributed by atoms with Crippen molar-refractivity contribution in [1.82, 2.24) is 0 Å². The van der Waals surface area contributed by atoms with Crippen LogP contribution in [0.4, 0.5) is 0 Å². The molecule has 0 aliphatic carbocycles. The highest BCUT2D eigenvalue weighted by Crippen LogP contribution is 1.66. The molecule has 0 aromatic carbocycles. The summed E-state index contributed by atoms with van der Waals surface area (Å²) in [4.78, 5) is 3.78. The number of hydrogen-bond acceptors (Lipinski definition) is 5. The minimum Gasteiger partial charge on any atom is -0.238 e. The summed E-state index contributed by atoms with van der Waals surface area (Å²) in [6, 6.07) is 3.08. The summed E-state index contributed by atoms with van der Waals surface area (Å²) in [5.41, 5.74) is 0. The van der Waals surface area contributed by atoms with Gasteiger partial charge in [-0.05, 0) is 0 Å². The van der Waals surface area contributed by atoms with Crippen LogP contribution < -0.4 is 0 Å². The normalized spacial score (nSPS) is 5.14. The maximum absolute atomic E-state index is 6.09. The fourth-order valence-electron chi connectivity index (χ4n) is 0.0612. The predicted molar refractivity (Wildman–Crippen MR) is 21.4 cm³/mol. The Morgan fingerprint density at radius 2 is 1.57 bits per heavy atom. The van der Waals surface area contributed by atoms with E-state index in [1.807, 2.05) is 0 Å². The second-order valence-electron chi connectivity index (χ2n) is 0.488. The molecule has 0 aliphatic heterocycles. The lowest BCUT2D eigenvalue weighted by atomic mass is 11.6. The van der Waals surface area contributed by atoms with Gasteiger partial charge in [0.2, 0.25) is 0 Å². The van der Waals surface area contributed by atoms with Crippen LogP contribution in [-0.2, 0) is 4.94 Å². The third kappa shape index (κ3) is 4.56. The Labute approximate surface area is 39.3 Å². The van der Waals surface area contributed by atoms with Gasteiger partial charge in [0.15, 0.2) is 0 Å². The topological polar surface area (TPSA) is 81.7 Å². The Morgan fingerprint density at radius 1 is 1.14 bits per heavy atom. The number of rotatable bonds is 2. The third-order valence-electron chi connectivity index (χ3n) is 0.173. The molecule has 0 atom stereocenters. The molecule has 0 aliphatic rings. The summed E-state index contributed by atoms with van der Waals surface area (Å²) < 4.78 is 0. The van der Waals surface area contributed by atoms with Gasteiger partial charge >= 0.3 is 0 Å². The van der Waals surface area contributed by atoms with Crippen LogP contribution in [0.25, 0.3) is 0 Å². The molecule has 36 valence electrons. The number of nitrogens with zero attached hydrogens (tertiary/aromatic N) is 2. The third-order valence-corrected chi connectivity index (χ3v) is 0.173. The predicted octanol–water partition coefficient (Wildman–Crippen LogP) is 0.338. The summed E-state index contributed by atoms with van der Waals surface area (Å²) in [5.74, 6) is 0. The van der Waals surface area contributed by atoms with E-state index in [1.54, 1.807) is 0 Å². The highest BCUT2D eigenvalue weighted by Gasteiger charge is 1.57. The highest BCUT2D eigenvalue weighted by atomic mass is 16.8. The van der Waals surface area contributed by atoms with E-state index in [9.17, 15) is 0 Å². The lowest BCUT2D eigenvalue weighted by Gasteiger charge is -1.69. The van der Waals surface area contributed by atoms with Crippen LogP contribution >= 0.6 is 0 Å². The minimum atomic E-state index is 1.54. The van der Waals surface area contributed by atoms with Crippen molar-refractivity contribution in [1.29, 1.82) is 10.8 Å². The van der Waals surface area contributed by atoms with E-state index in [2.05, 4.69) is 15.2 Å². The second-order valence-corrected chi connectivity index (χ2v) is 0.488. The van der Waals surface area contributed by atoms with E-state index >= 15 is 0 Å². The number of hydrogen-bond donors (Lipinski definition) is 2. The Morgan fingerprint density at radius 3 is 1.86 bits per heavy atom. The van der Waals surface area contributed by atoms with Crippen LogP contribution in [0.5, 0.6) is 0 Å². The van der Waals surface area contributed by atoms with Crippen LogP contribution in [0.15, 0.2) is 10.3 Å². The Bertz CT molecular complexity index is 113. The van der Waals surface area contributed by atoms with Crippen molar-refractivity contribution in [2.75, 3.05) is 0 Å². The van der Waals surface area contributed by atoms with Crippen molar-refractivity contribution < 1.29 is 4.94 Å². The molecular weight excluding hydrogens is 96.0 g/mol. The molecule has 0 radical (unpaired) electrons. The van der Waals surface area contributed by atoms with Crippen LogP contribution in [0, 0.1) is 10.8 Å². The van der Waals surface area contributed by atoms with E-state index in [1.165, 1.54) is 12.0 Å². The van der Waals surface area contributed by atoms with Crippen molar-refractivity contribution in [3.63, 3.8) is 0 Å². The molecule has 0 rings (SSSR count). The quantitative estimate of drug-likeness (QED) is 0.379. The number of nitrogens with one attached hydrogen (secondary N) is 2. The van der Waals surface area contributed by atoms with Gasteiger partial charge < -0.3 is 0 Å². The molecule has 5 nitrogen and oxygen atoms in total. The fourth-order valence-corrected chi connectivity index (χ4v) is 0.0612. The first-order valence-corrected chi connectivity index (χ1v) is 1.31. The van der Waals surface area contributed by atoms with E-state index < -0.39 is 0 Å². The molecular formula is C2H2N4O. The summed E-state index contributed by atoms with van der Waals surface area (Å²) in [5, 5.41) is 17.6. The summed E-state index contributed by atoms with van der Waals surface area (Å²) in [6.45, 7) is 0. The van der Waals surface area contributed by atoms with Gasteiger partial charge in [0.25, 0.3) is 0 Å². The van der Waals surface area contributed by atoms with Crippen molar-refractivity contribution in [3.8, 4) is 0 Å². The van der Waals surface area contributed by atoms with Crippen LogP contribution in [-0.4, -0.2) is 12.0 Å². The largest absolute Gasteiger partial charge is 0.238 e. The molecule has 0 saturated heterocycles. The minimum absolute atomic E-state index is 1.54. The molecule has 0 fully saturated rings. The zero-order valence-corrected chi connectivity index (χ0v) is 3.30. The molecule has 0 unspecified atom stereocenters. The van der Waals surface area contributed by atoms with Gasteiger partial charge in [-0.3, -0.25) is 0 Å². The highest BCUT2D eigenvalue weighted by molar-refractivity contribution is 5.35. The van der Waals surface area contributed by atoms with Crippen LogP contribution in [0.1, 0.15) is 0 Å². The van der Waals surface area contributed by atoms with E-state index in [0.29, 0.717) is 0 Å². The molecule has 0 aromatic rings. The molecule has 0 heterocycles. The van der Waals surface area contributed by atoms with Gasteiger partial charge in [0, 0.05) is 10.3 Å². The lowest BCUT2D eigenvalue weighted by Crippen LogP contribution is -1.60. The Hall–Kier alpha value is -1.44. The average Bonchev–Trinajstić information content (AvgIpc) is 1.69. The molecule has 0 spiro atoms. The zero-order chi connectivity index (χ0) is 5.54. The molecule has 2 N–H and O–H groups in total. The van der Waals surface area contributed by atoms with Crippen LogP contribution in [0.2, 0.25) is 0 Å². The molecule has 0 aromatic heterocycles. The van der Waals surface area contributed by atoms with E-state index in [0.717, 1.165) is 0 Å². The first-order chi connectivity index (χ1) is 3.41. The molecule has 0 saturated carbocycles. The van der Waals surface area contributed by atoms with Gasteiger partial charge in [-0.25, -0.2) is 15.8 Å². The van der Waals surface area contributed by atoms with Gasteiger partial charge in [0.1, 0.15) is 12.0 Å². The second kappa shape index (κ2) is 4.56. The Balaban J connectivity index is 3.33. The molecule has 0 amide bonds. The maximum atomic E-state index is 6.09. The first-order valence-electron chi connectivity index (χ1n) is 1.31. The van der Waals surface area contributed by atoms with E-state index in [4.69, 9.17) is 10.8 Å². The molecule has 7 heavy (non-hydrogen) atoms. The average molecular weight is 98.1 g/mol. The summed E-state index contributed by atoms with van der Waals surface area (Å²) in [6.07, 6.45) is 0. The van der Waals surface area contributed by atoms with Gasteiger partial charge in [-0.1, -0.05) is 0 Å². The molecule has 0 bridgehead atoms. The molecule has 5 heteroatoms. The summed E-state index contributed by atoms with van der Waals surface area (Å²) >= 11 is 0. The van der Waals surface area contributed by atoms with Crippen molar-refractivity contribution in [2.45, 2.75) is 0 Å². The lowest BCUT2D eigenvalue weighted by molar-refractivity contribution is 0.159. The van der Waals surface area contributed by atoms with Crippen molar-refractivity contribution in [3.05, 3.63) is 0 Å². The van der Waals surface area contributed by atoms with Crippen molar-refractivity contribution in [2.24, 2.45) is 10.3 Å². The van der Waals surface area contributed by atoms with Crippen LogP contribution in [0.3, 0.4) is 0 Å². The fraction of sp³-hybridized carbons (Fsp3) is 0. The summed E-state index contributed by atoms with van der Waals surface area (Å²) in [7, 11) is 0. The maximum Gasteiger partial charge on any atom is 0.135 e. The smallest absolute Gasteiger partial charge is 0.135 e. The van der Waals surface area contributed by atoms with Gasteiger partial charge in [-0.2, -0.15) is 0 Å². The SMILES string of the molecule is N=C=NON=C=N. The standard InChI is InChI=1S/C2H2N4O/c3-1-5-7-6-2-4/h3-4H. The van der Waals surface area contributed by atoms with E-state index in [-0.39, 0.29) is 0 Å². The van der Waals surface area contributed by atoms with Gasteiger partial charge in [-0.15, -0.1) is 0 Å². The van der Waals surface area contributed by atoms with Gasteiger partial charge in [0.05, 0.1) is 0 Å². The Kier molecular flexibility index (Phi) is 3.62. The van der Waals surface area contributed by atoms with Crippen molar-refractivity contribution >= 4 is 12.0 Å². The monoisotopic (exact) mass is 98.0 g/mol. The zero-order valence-electron chi connectivity index (χ0n) is 3.30.